The zero-order valence-corrected chi connectivity index (χ0v) is 10.0. The molecule has 2 N–H and O–H groups in total. The van der Waals surface area contributed by atoms with Gasteiger partial charge < -0.3 is 10.6 Å². The Morgan fingerprint density at radius 1 is 1.53 bits per heavy atom. The lowest BCUT2D eigenvalue weighted by Gasteiger charge is -2.20. The van der Waals surface area contributed by atoms with Gasteiger partial charge in [0.1, 0.15) is 0 Å². The van der Waals surface area contributed by atoms with Crippen LogP contribution in [0.5, 0.6) is 0 Å². The quantitative estimate of drug-likeness (QED) is 0.493. The van der Waals surface area contributed by atoms with E-state index in [1.807, 2.05) is 13.1 Å². The van der Waals surface area contributed by atoms with Crippen LogP contribution < -0.4 is 5.73 Å². The zero-order chi connectivity index (χ0) is 11.7. The Labute approximate surface area is 93.3 Å². The molecule has 0 rings (SSSR count). The number of allylic oxidation sites excluding steroid dienone is 1. The summed E-state index contributed by atoms with van der Waals surface area (Å²) < 4.78 is 0. The molecule has 0 spiro atoms. The van der Waals surface area contributed by atoms with E-state index in [9.17, 15) is 4.79 Å². The molecule has 0 saturated carbocycles. The summed E-state index contributed by atoms with van der Waals surface area (Å²) in [4.78, 5) is 13.4. The highest BCUT2D eigenvalue weighted by Gasteiger charge is 2.16. The van der Waals surface area contributed by atoms with Crippen LogP contribution in [0.4, 0.5) is 0 Å². The van der Waals surface area contributed by atoms with Gasteiger partial charge in [-0.2, -0.15) is 0 Å². The van der Waals surface area contributed by atoms with Gasteiger partial charge in [-0.05, 0) is 19.3 Å². The molecule has 0 aliphatic rings. The third-order valence-electron chi connectivity index (χ3n) is 2.46. The van der Waals surface area contributed by atoms with Gasteiger partial charge >= 0.3 is 0 Å². The number of carbonyl (C=O) groups excluding carboxylic acids is 1. The molecule has 0 aliphatic heterocycles. The molecule has 0 bridgehead atoms. The molecule has 15 heavy (non-hydrogen) atoms. The van der Waals surface area contributed by atoms with Crippen molar-refractivity contribution in [3.05, 3.63) is 12.7 Å². The Bertz CT molecular complexity index is 192. The van der Waals surface area contributed by atoms with Crippen LogP contribution in [-0.4, -0.2) is 30.4 Å². The maximum atomic E-state index is 11.7. The van der Waals surface area contributed by atoms with Crippen LogP contribution >= 0.6 is 0 Å². The summed E-state index contributed by atoms with van der Waals surface area (Å²) in [6, 6.07) is -0.321. The molecule has 0 aromatic heterocycles. The second kappa shape index (κ2) is 8.48. The molecule has 0 saturated heterocycles. The van der Waals surface area contributed by atoms with E-state index in [2.05, 4.69) is 13.5 Å². The van der Waals surface area contributed by atoms with E-state index < -0.39 is 0 Å². The molecule has 1 amide bonds. The summed E-state index contributed by atoms with van der Waals surface area (Å²) >= 11 is 0. The van der Waals surface area contributed by atoms with E-state index in [-0.39, 0.29) is 11.9 Å². The molecular formula is C12H24N2O. The van der Waals surface area contributed by atoms with Gasteiger partial charge in [-0.25, -0.2) is 0 Å². The summed E-state index contributed by atoms with van der Waals surface area (Å²) in [5, 5.41) is 0. The minimum Gasteiger partial charge on any atom is -0.344 e. The van der Waals surface area contributed by atoms with Crippen molar-refractivity contribution in [1.82, 2.24) is 4.90 Å². The van der Waals surface area contributed by atoms with E-state index in [4.69, 9.17) is 5.73 Å². The summed E-state index contributed by atoms with van der Waals surface area (Å²) in [7, 11) is 1.82. The fraction of sp³-hybridized carbons (Fsp3) is 0.750. The van der Waals surface area contributed by atoms with Crippen LogP contribution in [0.2, 0.25) is 0 Å². The van der Waals surface area contributed by atoms with Gasteiger partial charge in [0.25, 0.3) is 0 Å². The lowest BCUT2D eigenvalue weighted by molar-refractivity contribution is -0.131. The monoisotopic (exact) mass is 212 g/mol. The number of hydrogen-bond donors (Lipinski definition) is 1. The Balaban J connectivity index is 3.79. The van der Waals surface area contributed by atoms with Crippen LogP contribution in [0.25, 0.3) is 0 Å². The van der Waals surface area contributed by atoms with E-state index in [1.165, 1.54) is 0 Å². The van der Waals surface area contributed by atoms with Crippen molar-refractivity contribution in [1.29, 1.82) is 0 Å². The summed E-state index contributed by atoms with van der Waals surface area (Å²) in [6.45, 7) is 6.52. The number of likely N-dealkylation sites (N-methyl/N-ethyl adjacent to an activating group) is 1. The van der Waals surface area contributed by atoms with Gasteiger partial charge in [0, 0.05) is 13.6 Å². The highest BCUT2D eigenvalue weighted by Crippen LogP contribution is 2.02. The number of amides is 1. The molecule has 3 nitrogen and oxygen atoms in total. The lowest BCUT2D eigenvalue weighted by Crippen LogP contribution is -2.42. The third kappa shape index (κ3) is 6.28. The van der Waals surface area contributed by atoms with Gasteiger partial charge in [-0.15, -0.1) is 6.58 Å². The Kier molecular flexibility index (Phi) is 8.01. The van der Waals surface area contributed by atoms with Crippen molar-refractivity contribution in [3.63, 3.8) is 0 Å². The van der Waals surface area contributed by atoms with Gasteiger partial charge in [0.15, 0.2) is 0 Å². The first kappa shape index (κ1) is 14.2. The van der Waals surface area contributed by atoms with Gasteiger partial charge in [-0.3, -0.25) is 4.79 Å². The van der Waals surface area contributed by atoms with Gasteiger partial charge in [0.05, 0.1) is 6.04 Å². The first-order valence-corrected chi connectivity index (χ1v) is 5.75. The van der Waals surface area contributed by atoms with Crippen LogP contribution in [0.1, 0.15) is 39.0 Å². The molecule has 88 valence electrons. The maximum absolute atomic E-state index is 11.7. The number of nitrogens with zero attached hydrogens (tertiary/aromatic N) is 1. The highest BCUT2D eigenvalue weighted by molar-refractivity contribution is 5.81. The zero-order valence-electron chi connectivity index (χ0n) is 10.0. The topological polar surface area (TPSA) is 46.3 Å². The molecule has 0 unspecified atom stereocenters. The van der Waals surface area contributed by atoms with E-state index in [0.717, 1.165) is 38.6 Å². The Morgan fingerprint density at radius 3 is 2.73 bits per heavy atom. The first-order chi connectivity index (χ1) is 7.13. The predicted octanol–water partition coefficient (Wildman–Crippen LogP) is 1.93. The average molecular weight is 212 g/mol. The van der Waals surface area contributed by atoms with Crippen molar-refractivity contribution < 1.29 is 4.79 Å². The van der Waals surface area contributed by atoms with Crippen molar-refractivity contribution in [2.75, 3.05) is 13.6 Å². The maximum Gasteiger partial charge on any atom is 0.239 e. The fourth-order valence-electron chi connectivity index (χ4n) is 1.41. The lowest BCUT2D eigenvalue weighted by atomic mass is 10.1. The minimum atomic E-state index is -0.321. The number of carbonyl (C=O) groups is 1. The molecule has 0 aromatic carbocycles. The van der Waals surface area contributed by atoms with Crippen LogP contribution in [0.3, 0.4) is 0 Å². The van der Waals surface area contributed by atoms with Crippen LogP contribution in [0, 0.1) is 0 Å². The highest BCUT2D eigenvalue weighted by atomic mass is 16.2. The molecule has 0 radical (unpaired) electrons. The molecule has 0 fully saturated rings. The fourth-order valence-corrected chi connectivity index (χ4v) is 1.41. The summed E-state index contributed by atoms with van der Waals surface area (Å²) in [5.74, 6) is 0.0625. The number of rotatable bonds is 8. The average Bonchev–Trinajstić information content (AvgIpc) is 2.24. The standard InChI is InChI=1S/C12H24N2O/c1-4-6-8-10-14(3)12(15)11(13)9-7-5-2/h4,11H,1,5-10,13H2,2-3H3/t11-/m0/s1. The molecule has 0 aliphatic carbocycles. The van der Waals surface area contributed by atoms with Gasteiger partial charge in [0.2, 0.25) is 5.91 Å². The van der Waals surface area contributed by atoms with Gasteiger partial charge in [-0.1, -0.05) is 25.8 Å². The van der Waals surface area contributed by atoms with Crippen molar-refractivity contribution in [2.24, 2.45) is 5.73 Å². The summed E-state index contributed by atoms with van der Waals surface area (Å²) in [5.41, 5.74) is 5.80. The molecule has 1 atom stereocenters. The first-order valence-electron chi connectivity index (χ1n) is 5.75. The Morgan fingerprint density at radius 2 is 2.20 bits per heavy atom. The number of nitrogens with two attached hydrogens (primary N) is 1. The second-order valence-electron chi connectivity index (χ2n) is 3.94. The van der Waals surface area contributed by atoms with E-state index >= 15 is 0 Å². The Hall–Kier alpha value is -0.830. The van der Waals surface area contributed by atoms with Crippen molar-refractivity contribution in [2.45, 2.75) is 45.1 Å². The second-order valence-corrected chi connectivity index (χ2v) is 3.94. The van der Waals surface area contributed by atoms with Crippen LogP contribution in [0.15, 0.2) is 12.7 Å². The van der Waals surface area contributed by atoms with Crippen molar-refractivity contribution in [3.8, 4) is 0 Å². The predicted molar refractivity (Wildman–Crippen MR) is 64.6 cm³/mol. The SMILES string of the molecule is C=CCCCN(C)C(=O)[C@@H](N)CCCC. The summed E-state index contributed by atoms with van der Waals surface area (Å²) in [6.07, 6.45) is 6.68. The largest absolute Gasteiger partial charge is 0.344 e. The smallest absolute Gasteiger partial charge is 0.239 e. The molecule has 0 aromatic rings. The van der Waals surface area contributed by atoms with E-state index in [0.29, 0.717) is 0 Å². The third-order valence-corrected chi connectivity index (χ3v) is 2.46. The number of hydrogen-bond acceptors (Lipinski definition) is 2. The normalized spacial score (nSPS) is 12.2. The van der Waals surface area contributed by atoms with Crippen molar-refractivity contribution >= 4 is 5.91 Å². The number of unbranched alkanes of at least 4 members (excludes halogenated alkanes) is 2. The van der Waals surface area contributed by atoms with E-state index in [1.54, 1.807) is 4.90 Å². The molecular weight excluding hydrogens is 188 g/mol. The minimum absolute atomic E-state index is 0.0625. The molecule has 0 heterocycles. The molecule has 3 heteroatoms. The van der Waals surface area contributed by atoms with Crippen LogP contribution in [-0.2, 0) is 4.79 Å².